The van der Waals surface area contributed by atoms with Gasteiger partial charge in [0, 0.05) is 17.1 Å². The lowest BCUT2D eigenvalue weighted by molar-refractivity contribution is 0.0945. The molecule has 0 saturated carbocycles. The molecule has 21 heavy (non-hydrogen) atoms. The van der Waals surface area contributed by atoms with E-state index in [0.29, 0.717) is 15.7 Å². The fourth-order valence-corrected chi connectivity index (χ4v) is 2.62. The number of phenols is 1. The Morgan fingerprint density at radius 2 is 2.19 bits per heavy atom. The number of carbonyl (C=O) groups is 1. The largest absolute Gasteiger partial charge is 0.507 e. The number of hydrogen-bond acceptors (Lipinski definition) is 4. The van der Waals surface area contributed by atoms with Gasteiger partial charge in [0.2, 0.25) is 0 Å². The van der Waals surface area contributed by atoms with E-state index in [4.69, 9.17) is 0 Å². The van der Waals surface area contributed by atoms with Gasteiger partial charge in [-0.3, -0.25) is 9.48 Å². The summed E-state index contributed by atoms with van der Waals surface area (Å²) in [4.78, 5) is 12.1. The van der Waals surface area contributed by atoms with Gasteiger partial charge in [-0.1, -0.05) is 15.9 Å². The zero-order chi connectivity index (χ0) is 15.6. The molecule has 0 fully saturated rings. The number of aromatic hydroxyl groups is 1. The van der Waals surface area contributed by atoms with Crippen LogP contribution in [-0.4, -0.2) is 27.0 Å². The van der Waals surface area contributed by atoms with Crippen molar-refractivity contribution in [2.24, 2.45) is 12.1 Å². The summed E-state index contributed by atoms with van der Waals surface area (Å²) in [5.41, 5.74) is 3.99. The number of hydrazone groups is 1. The van der Waals surface area contributed by atoms with Gasteiger partial charge in [-0.2, -0.15) is 10.2 Å². The predicted octanol–water partition coefficient (Wildman–Crippen LogP) is 2.72. The Morgan fingerprint density at radius 1 is 1.48 bits per heavy atom. The molecular formula is C13H12Br2N4O2. The number of rotatable bonds is 3. The molecular weight excluding hydrogens is 404 g/mol. The number of nitrogens with zero attached hydrogens (tertiary/aromatic N) is 3. The van der Waals surface area contributed by atoms with Crippen molar-refractivity contribution in [3.05, 3.63) is 44.1 Å². The van der Waals surface area contributed by atoms with Gasteiger partial charge in [0.15, 0.2) is 0 Å². The molecule has 1 amide bonds. The lowest BCUT2D eigenvalue weighted by Crippen LogP contribution is -2.21. The molecule has 1 aromatic carbocycles. The third-order valence-electron chi connectivity index (χ3n) is 2.72. The molecule has 0 aliphatic rings. The van der Waals surface area contributed by atoms with Crippen molar-refractivity contribution in [3.8, 4) is 5.75 Å². The Kier molecular flexibility index (Phi) is 4.79. The van der Waals surface area contributed by atoms with Crippen LogP contribution in [0.15, 0.2) is 32.2 Å². The van der Waals surface area contributed by atoms with Crippen LogP contribution < -0.4 is 5.43 Å². The van der Waals surface area contributed by atoms with Gasteiger partial charge in [-0.25, -0.2) is 5.43 Å². The van der Waals surface area contributed by atoms with Crippen LogP contribution >= 0.6 is 31.9 Å². The van der Waals surface area contributed by atoms with Gasteiger partial charge in [0.05, 0.1) is 16.4 Å². The van der Waals surface area contributed by atoms with Crippen LogP contribution in [0.2, 0.25) is 0 Å². The maximum absolute atomic E-state index is 12.1. The molecule has 0 saturated heterocycles. The molecule has 2 N–H and O–H groups in total. The van der Waals surface area contributed by atoms with E-state index in [0.717, 1.165) is 10.2 Å². The molecule has 0 unspecified atom stereocenters. The summed E-state index contributed by atoms with van der Waals surface area (Å²) in [5, 5.41) is 17.6. The second-order valence-electron chi connectivity index (χ2n) is 4.27. The average molecular weight is 416 g/mol. The van der Waals surface area contributed by atoms with E-state index in [-0.39, 0.29) is 5.75 Å². The van der Waals surface area contributed by atoms with Crippen LogP contribution in [0.4, 0.5) is 0 Å². The van der Waals surface area contributed by atoms with Gasteiger partial charge >= 0.3 is 0 Å². The van der Waals surface area contributed by atoms with Crippen LogP contribution in [0, 0.1) is 6.92 Å². The topological polar surface area (TPSA) is 79.5 Å². The lowest BCUT2D eigenvalue weighted by atomic mass is 10.2. The van der Waals surface area contributed by atoms with Gasteiger partial charge in [-0.05, 0) is 41.1 Å². The van der Waals surface area contributed by atoms with E-state index in [9.17, 15) is 9.90 Å². The summed E-state index contributed by atoms with van der Waals surface area (Å²) in [5.74, 6) is -0.315. The summed E-state index contributed by atoms with van der Waals surface area (Å²) in [6, 6.07) is 4.93. The molecule has 1 aromatic heterocycles. The maximum Gasteiger partial charge on any atom is 0.290 e. The van der Waals surface area contributed by atoms with E-state index in [1.807, 2.05) is 0 Å². The fourth-order valence-electron chi connectivity index (χ4n) is 1.72. The minimum absolute atomic E-state index is 0.0776. The van der Waals surface area contributed by atoms with E-state index in [2.05, 4.69) is 47.5 Å². The Morgan fingerprint density at radius 3 is 2.81 bits per heavy atom. The summed E-state index contributed by atoms with van der Waals surface area (Å²) in [6.45, 7) is 1.80. The number of carbonyl (C=O) groups excluding carboxylic acids is 1. The first-order valence-corrected chi connectivity index (χ1v) is 7.49. The van der Waals surface area contributed by atoms with Crippen molar-refractivity contribution in [1.29, 1.82) is 0 Å². The molecule has 0 aliphatic carbocycles. The molecule has 0 bridgehead atoms. The fraction of sp³-hybridized carbons (Fsp3) is 0.154. The number of aryl methyl sites for hydroxylation is 2. The number of halogens is 2. The highest BCUT2D eigenvalue weighted by Gasteiger charge is 2.17. The van der Waals surface area contributed by atoms with E-state index in [1.165, 1.54) is 17.0 Å². The molecule has 0 spiro atoms. The number of benzene rings is 1. The molecule has 110 valence electrons. The molecule has 0 radical (unpaired) electrons. The maximum atomic E-state index is 12.1. The summed E-state index contributed by atoms with van der Waals surface area (Å²) < 4.78 is 2.90. The quantitative estimate of drug-likeness (QED) is 0.597. The molecule has 2 aromatic rings. The number of nitrogens with one attached hydrogen (secondary N) is 1. The van der Waals surface area contributed by atoms with Gasteiger partial charge in [0.25, 0.3) is 5.91 Å². The number of phenolic OH excluding ortho intramolecular Hbond substituents is 1. The Hall–Kier alpha value is -1.67. The van der Waals surface area contributed by atoms with Crippen molar-refractivity contribution in [1.82, 2.24) is 15.2 Å². The first-order chi connectivity index (χ1) is 9.90. The summed E-state index contributed by atoms with van der Waals surface area (Å²) in [7, 11) is 1.68. The monoisotopic (exact) mass is 414 g/mol. The van der Waals surface area contributed by atoms with Crippen molar-refractivity contribution in [2.45, 2.75) is 6.92 Å². The normalized spacial score (nSPS) is 11.0. The molecule has 2 rings (SSSR count). The van der Waals surface area contributed by atoms with E-state index < -0.39 is 5.91 Å². The van der Waals surface area contributed by atoms with Crippen molar-refractivity contribution < 1.29 is 9.90 Å². The third kappa shape index (κ3) is 3.51. The number of amides is 1. The van der Waals surface area contributed by atoms with Gasteiger partial charge < -0.3 is 5.11 Å². The van der Waals surface area contributed by atoms with Crippen LogP contribution in [0.3, 0.4) is 0 Å². The number of aromatic nitrogens is 2. The molecule has 0 aliphatic heterocycles. The molecule has 8 heteroatoms. The van der Waals surface area contributed by atoms with Gasteiger partial charge in [0.1, 0.15) is 11.4 Å². The second-order valence-corrected chi connectivity index (χ2v) is 5.98. The highest BCUT2D eigenvalue weighted by Crippen LogP contribution is 2.21. The summed E-state index contributed by atoms with van der Waals surface area (Å²) >= 11 is 6.62. The SMILES string of the molecule is Cc1nn(C)c(C(=O)N/N=C\c2cc(Br)ccc2O)c1Br. The summed E-state index contributed by atoms with van der Waals surface area (Å²) in [6.07, 6.45) is 1.37. The highest BCUT2D eigenvalue weighted by atomic mass is 79.9. The first-order valence-electron chi connectivity index (χ1n) is 5.91. The second kappa shape index (κ2) is 6.40. The Balaban J connectivity index is 2.14. The minimum atomic E-state index is -0.393. The van der Waals surface area contributed by atoms with E-state index >= 15 is 0 Å². The first kappa shape index (κ1) is 15.7. The van der Waals surface area contributed by atoms with Crippen LogP contribution in [0.25, 0.3) is 0 Å². The predicted molar refractivity (Wildman–Crippen MR) is 86.5 cm³/mol. The minimum Gasteiger partial charge on any atom is -0.507 e. The zero-order valence-corrected chi connectivity index (χ0v) is 14.4. The third-order valence-corrected chi connectivity index (χ3v) is 4.17. The molecule has 1 heterocycles. The lowest BCUT2D eigenvalue weighted by Gasteiger charge is -2.02. The van der Waals surface area contributed by atoms with E-state index in [1.54, 1.807) is 26.1 Å². The van der Waals surface area contributed by atoms with Crippen LogP contribution in [-0.2, 0) is 7.05 Å². The Bertz CT molecular complexity index is 725. The van der Waals surface area contributed by atoms with Crippen molar-refractivity contribution in [3.63, 3.8) is 0 Å². The average Bonchev–Trinajstić information content (AvgIpc) is 2.67. The highest BCUT2D eigenvalue weighted by molar-refractivity contribution is 9.10. The van der Waals surface area contributed by atoms with Crippen molar-refractivity contribution in [2.75, 3.05) is 0 Å². The van der Waals surface area contributed by atoms with Gasteiger partial charge in [-0.15, -0.1) is 0 Å². The standard InChI is InChI=1S/C13H12Br2N4O2/c1-7-11(15)12(19(2)18-7)13(21)17-16-6-8-5-9(14)3-4-10(8)20/h3-6,20H,1-2H3,(H,17,21)/b16-6-. The Labute approximate surface area is 138 Å². The van der Waals surface area contributed by atoms with Crippen LogP contribution in [0.5, 0.6) is 5.75 Å². The van der Waals surface area contributed by atoms with Crippen molar-refractivity contribution >= 4 is 44.0 Å². The van der Waals surface area contributed by atoms with Crippen LogP contribution in [0.1, 0.15) is 21.7 Å². The number of hydrogen-bond donors (Lipinski definition) is 2. The molecule has 6 nitrogen and oxygen atoms in total. The zero-order valence-electron chi connectivity index (χ0n) is 11.3. The molecule has 0 atom stereocenters. The smallest absolute Gasteiger partial charge is 0.290 e.